The summed E-state index contributed by atoms with van der Waals surface area (Å²) in [5.41, 5.74) is 20.6. The fourth-order valence-corrected chi connectivity index (χ4v) is 13.1. The van der Waals surface area contributed by atoms with Crippen molar-refractivity contribution in [2.45, 2.75) is 0 Å². The van der Waals surface area contributed by atoms with Gasteiger partial charge in [0.05, 0.1) is 22.1 Å². The van der Waals surface area contributed by atoms with Crippen LogP contribution in [0.5, 0.6) is 0 Å². The van der Waals surface area contributed by atoms with Crippen LogP contribution in [0, 0.1) is 0 Å². The average molecular weight is 985 g/mol. The Bertz CT molecular complexity index is 4650. The Morgan fingerprint density at radius 1 is 0.224 bits per heavy atom. The van der Waals surface area contributed by atoms with E-state index in [1.165, 1.54) is 108 Å². The molecular formula is C72H44N2OS. The normalized spacial score (nSPS) is 11.9. The van der Waals surface area contributed by atoms with Crippen LogP contribution in [-0.2, 0) is 0 Å². The Labute approximate surface area is 442 Å². The second-order valence-electron chi connectivity index (χ2n) is 20.0. The molecule has 0 aliphatic carbocycles. The topological polar surface area (TPSA) is 23.0 Å². The molecule has 3 nitrogen and oxygen atoms in total. The van der Waals surface area contributed by atoms with E-state index in [0.717, 1.165) is 44.3 Å². The van der Waals surface area contributed by atoms with Gasteiger partial charge in [0.2, 0.25) is 0 Å². The van der Waals surface area contributed by atoms with E-state index in [1.54, 1.807) is 0 Å². The third-order valence-corrected chi connectivity index (χ3v) is 16.9. The van der Waals surface area contributed by atoms with E-state index in [1.807, 2.05) is 11.3 Å². The zero-order chi connectivity index (χ0) is 49.8. The molecule has 4 heteroatoms. The molecule has 76 heavy (non-hydrogen) atoms. The largest absolute Gasteiger partial charge is 0.456 e. The highest BCUT2D eigenvalue weighted by Crippen LogP contribution is 2.44. The molecule has 0 bridgehead atoms. The predicted molar refractivity (Wildman–Crippen MR) is 322 cm³/mol. The lowest BCUT2D eigenvalue weighted by Crippen LogP contribution is -1.94. The van der Waals surface area contributed by atoms with Gasteiger partial charge in [-0.1, -0.05) is 158 Å². The molecule has 16 aromatic rings. The summed E-state index contributed by atoms with van der Waals surface area (Å²) in [6.45, 7) is 0. The molecule has 0 amide bonds. The number of rotatable bonds is 7. The van der Waals surface area contributed by atoms with E-state index in [0.29, 0.717) is 0 Å². The van der Waals surface area contributed by atoms with Crippen molar-refractivity contribution in [3.63, 3.8) is 0 Å². The van der Waals surface area contributed by atoms with Crippen LogP contribution in [0.3, 0.4) is 0 Å². The number of fused-ring (bicyclic) bond motifs is 12. The fourth-order valence-electron chi connectivity index (χ4n) is 12.0. The van der Waals surface area contributed by atoms with Gasteiger partial charge in [-0.3, -0.25) is 0 Å². The highest BCUT2D eigenvalue weighted by molar-refractivity contribution is 7.25. The van der Waals surface area contributed by atoms with Gasteiger partial charge in [-0.05, 0) is 165 Å². The van der Waals surface area contributed by atoms with Gasteiger partial charge in [0.25, 0.3) is 0 Å². The van der Waals surface area contributed by atoms with Crippen LogP contribution in [0.4, 0.5) is 0 Å². The molecule has 0 N–H and O–H groups in total. The van der Waals surface area contributed by atoms with Gasteiger partial charge in [-0.15, -0.1) is 11.3 Å². The van der Waals surface area contributed by atoms with E-state index in [4.69, 9.17) is 4.42 Å². The molecule has 0 fully saturated rings. The van der Waals surface area contributed by atoms with Crippen molar-refractivity contribution in [1.82, 2.24) is 9.13 Å². The van der Waals surface area contributed by atoms with E-state index < -0.39 is 0 Å². The van der Waals surface area contributed by atoms with Crippen LogP contribution < -0.4 is 0 Å². The van der Waals surface area contributed by atoms with Gasteiger partial charge in [-0.25, -0.2) is 0 Å². The number of hydrogen-bond donors (Lipinski definition) is 0. The number of aromatic nitrogens is 2. The van der Waals surface area contributed by atoms with Crippen LogP contribution in [0.2, 0.25) is 0 Å². The molecule has 0 saturated heterocycles. The standard InChI is InChI=1S/C72H44N2OS/c1-5-13-45(14-6-1)49-21-29-65-57(37-49)59-39-53(23-31-67(59)73(65)55-27-34-70-62(43-55)61-41-51(25-33-69(61)75-70)47-17-9-3-10-18-47)54-24-32-68-60(40-54)58-38-50(46-15-7-2-8-16-46)22-30-66(58)74(68)56-28-36-72-64(44-56)63-42-52(26-35-71(63)76-72)48-19-11-4-12-20-48/h1-44H. The third kappa shape index (κ3) is 6.81. The fraction of sp³-hybridized carbons (Fsp3) is 0. The van der Waals surface area contributed by atoms with E-state index in [9.17, 15) is 0 Å². The maximum absolute atomic E-state index is 6.47. The molecule has 0 radical (unpaired) electrons. The zero-order valence-electron chi connectivity index (χ0n) is 41.1. The smallest absolute Gasteiger partial charge is 0.135 e. The SMILES string of the molecule is c1ccc(-c2ccc3oc4ccc(-n5c6ccc(-c7ccccc7)cc6c6cc(-c7ccc8c(c7)c7cc(-c9ccccc9)ccc7n8-c7ccc8sc9ccc(-c%10ccccc%10)cc9c8c7)ccc65)cc4c3c2)cc1. The van der Waals surface area contributed by atoms with E-state index in [2.05, 4.69) is 276 Å². The van der Waals surface area contributed by atoms with Gasteiger partial charge in [0, 0.05) is 63.9 Å². The van der Waals surface area contributed by atoms with Crippen molar-refractivity contribution in [3.05, 3.63) is 267 Å². The highest BCUT2D eigenvalue weighted by Gasteiger charge is 2.20. The molecule has 16 rings (SSSR count). The number of benzene rings is 12. The van der Waals surface area contributed by atoms with Gasteiger partial charge in [0.15, 0.2) is 0 Å². The molecular weight excluding hydrogens is 941 g/mol. The Morgan fingerprint density at radius 2 is 0.513 bits per heavy atom. The van der Waals surface area contributed by atoms with Crippen LogP contribution in [0.15, 0.2) is 271 Å². The van der Waals surface area contributed by atoms with Crippen molar-refractivity contribution in [2.24, 2.45) is 0 Å². The molecule has 4 aromatic heterocycles. The average Bonchev–Trinajstić information content (AvgIpc) is 4.24. The van der Waals surface area contributed by atoms with E-state index >= 15 is 0 Å². The number of thiophene rings is 1. The van der Waals surface area contributed by atoms with Crippen molar-refractivity contribution < 1.29 is 4.42 Å². The summed E-state index contributed by atoms with van der Waals surface area (Å²) in [5, 5.41) is 9.63. The van der Waals surface area contributed by atoms with E-state index in [-0.39, 0.29) is 0 Å². The number of furan rings is 1. The minimum atomic E-state index is 0.879. The van der Waals surface area contributed by atoms with Gasteiger partial charge in [0.1, 0.15) is 11.2 Å². The first-order chi connectivity index (χ1) is 37.6. The summed E-state index contributed by atoms with van der Waals surface area (Å²) >= 11 is 1.86. The zero-order valence-corrected chi connectivity index (χ0v) is 41.9. The Morgan fingerprint density at radius 3 is 0.947 bits per heavy atom. The summed E-state index contributed by atoms with van der Waals surface area (Å²) in [4.78, 5) is 0. The monoisotopic (exact) mass is 984 g/mol. The van der Waals surface area contributed by atoms with Crippen LogP contribution >= 0.6 is 11.3 Å². The minimum Gasteiger partial charge on any atom is -0.456 e. The second-order valence-corrected chi connectivity index (χ2v) is 21.1. The van der Waals surface area contributed by atoms with Crippen LogP contribution in [0.25, 0.3) is 153 Å². The lowest BCUT2D eigenvalue weighted by Gasteiger charge is -2.10. The molecule has 12 aromatic carbocycles. The highest BCUT2D eigenvalue weighted by atomic mass is 32.1. The Hall–Kier alpha value is -9.74. The summed E-state index contributed by atoms with van der Waals surface area (Å²) in [5.74, 6) is 0. The summed E-state index contributed by atoms with van der Waals surface area (Å²) in [6, 6.07) is 97.9. The Balaban J connectivity index is 0.879. The molecule has 0 saturated carbocycles. The maximum Gasteiger partial charge on any atom is 0.135 e. The molecule has 4 heterocycles. The minimum absolute atomic E-state index is 0.879. The van der Waals surface area contributed by atoms with Gasteiger partial charge in [-0.2, -0.15) is 0 Å². The first kappa shape index (κ1) is 42.7. The quantitative estimate of drug-likeness (QED) is 0.156. The van der Waals surface area contributed by atoms with Crippen molar-refractivity contribution in [2.75, 3.05) is 0 Å². The lowest BCUT2D eigenvalue weighted by atomic mass is 9.98. The van der Waals surface area contributed by atoms with Crippen molar-refractivity contribution in [1.29, 1.82) is 0 Å². The molecule has 0 unspecified atom stereocenters. The molecule has 354 valence electrons. The number of nitrogens with zero attached hydrogens (tertiary/aromatic N) is 2. The van der Waals surface area contributed by atoms with Gasteiger partial charge < -0.3 is 13.6 Å². The number of hydrogen-bond acceptors (Lipinski definition) is 2. The van der Waals surface area contributed by atoms with Crippen molar-refractivity contribution >= 4 is 97.1 Å². The van der Waals surface area contributed by atoms with Gasteiger partial charge >= 0.3 is 0 Å². The summed E-state index contributed by atoms with van der Waals surface area (Å²) in [6.07, 6.45) is 0. The maximum atomic E-state index is 6.47. The third-order valence-electron chi connectivity index (χ3n) is 15.7. The molecule has 0 aliphatic rings. The second kappa shape index (κ2) is 16.9. The first-order valence-corrected chi connectivity index (χ1v) is 26.8. The molecule has 0 spiro atoms. The van der Waals surface area contributed by atoms with Crippen LogP contribution in [0.1, 0.15) is 0 Å². The van der Waals surface area contributed by atoms with Crippen LogP contribution in [-0.4, -0.2) is 9.13 Å². The Kier molecular flexibility index (Phi) is 9.51. The summed E-state index contributed by atoms with van der Waals surface area (Å²) in [7, 11) is 0. The molecule has 0 aliphatic heterocycles. The molecule has 0 atom stereocenters. The van der Waals surface area contributed by atoms with Crippen molar-refractivity contribution in [3.8, 4) is 67.0 Å². The lowest BCUT2D eigenvalue weighted by molar-refractivity contribution is 0.669. The first-order valence-electron chi connectivity index (χ1n) is 26.0. The summed E-state index contributed by atoms with van der Waals surface area (Å²) < 4.78 is 14.0. The predicted octanol–water partition coefficient (Wildman–Crippen LogP) is 20.5.